The molecule has 0 unspecified atom stereocenters. The minimum atomic E-state index is -1.04. The molecule has 1 rings (SSSR count). The van der Waals surface area contributed by atoms with Crippen molar-refractivity contribution in [1.29, 1.82) is 0 Å². The number of ether oxygens (including phenoxy) is 1. The van der Waals surface area contributed by atoms with Crippen LogP contribution < -0.4 is 5.32 Å². The number of hydrogen-bond donors (Lipinski definition) is 2. The molecule has 1 aliphatic rings. The molecule has 0 aromatic rings. The van der Waals surface area contributed by atoms with Gasteiger partial charge in [-0.2, -0.15) is 0 Å². The van der Waals surface area contributed by atoms with Crippen LogP contribution in [-0.2, 0) is 14.3 Å². The Kier molecular flexibility index (Phi) is 10.3. The lowest BCUT2D eigenvalue weighted by molar-refractivity contribution is -0.145. The summed E-state index contributed by atoms with van der Waals surface area (Å²) < 4.78 is 5.28. The lowest BCUT2D eigenvalue weighted by atomic mass is 9.87. The van der Waals surface area contributed by atoms with Crippen molar-refractivity contribution in [2.24, 2.45) is 5.92 Å². The lowest BCUT2D eigenvalue weighted by Gasteiger charge is -2.30. The van der Waals surface area contributed by atoms with Gasteiger partial charge in [-0.25, -0.2) is 4.79 Å². The molecule has 1 saturated carbocycles. The van der Waals surface area contributed by atoms with E-state index in [2.05, 4.69) is 5.32 Å². The SMILES string of the molecule is CCCC[C@H](NC(=O)OC(C)(C)C)C(=O)N(CCC1CCCCC1)CC(=O)O. The molecule has 0 aromatic carbocycles. The van der Waals surface area contributed by atoms with Crippen LogP contribution in [0.25, 0.3) is 0 Å². The van der Waals surface area contributed by atoms with E-state index < -0.39 is 23.7 Å². The molecule has 7 heteroatoms. The second-order valence-corrected chi connectivity index (χ2v) is 8.79. The van der Waals surface area contributed by atoms with Gasteiger partial charge in [-0.15, -0.1) is 0 Å². The average molecular weight is 399 g/mol. The zero-order valence-electron chi connectivity index (χ0n) is 18.0. The van der Waals surface area contributed by atoms with Crippen molar-refractivity contribution in [2.45, 2.75) is 97.1 Å². The minimum absolute atomic E-state index is 0.336. The first-order valence-corrected chi connectivity index (χ1v) is 10.6. The number of nitrogens with zero attached hydrogens (tertiary/aromatic N) is 1. The fourth-order valence-electron chi connectivity index (χ4n) is 3.58. The molecule has 7 nitrogen and oxygen atoms in total. The number of aliphatic carboxylic acids is 1. The smallest absolute Gasteiger partial charge is 0.408 e. The molecular weight excluding hydrogens is 360 g/mol. The molecule has 162 valence electrons. The highest BCUT2D eigenvalue weighted by atomic mass is 16.6. The predicted molar refractivity (Wildman–Crippen MR) is 108 cm³/mol. The maximum absolute atomic E-state index is 13.1. The third kappa shape index (κ3) is 9.95. The van der Waals surface area contributed by atoms with E-state index in [9.17, 15) is 19.5 Å². The van der Waals surface area contributed by atoms with E-state index in [4.69, 9.17) is 4.74 Å². The average Bonchev–Trinajstić information content (AvgIpc) is 2.60. The van der Waals surface area contributed by atoms with E-state index in [-0.39, 0.29) is 12.5 Å². The molecule has 2 amide bonds. The van der Waals surface area contributed by atoms with E-state index in [1.165, 1.54) is 24.2 Å². The van der Waals surface area contributed by atoms with Gasteiger partial charge >= 0.3 is 12.1 Å². The van der Waals surface area contributed by atoms with Gasteiger partial charge in [0.2, 0.25) is 5.91 Å². The van der Waals surface area contributed by atoms with Crippen molar-refractivity contribution in [2.75, 3.05) is 13.1 Å². The fourth-order valence-corrected chi connectivity index (χ4v) is 3.58. The number of carbonyl (C=O) groups is 3. The molecule has 0 aromatic heterocycles. The van der Waals surface area contributed by atoms with Crippen LogP contribution in [0.5, 0.6) is 0 Å². The molecule has 0 aliphatic heterocycles. The van der Waals surface area contributed by atoms with Crippen LogP contribution in [-0.4, -0.2) is 52.7 Å². The zero-order chi connectivity index (χ0) is 21.2. The number of unbranched alkanes of at least 4 members (excludes halogenated alkanes) is 1. The molecule has 1 aliphatic carbocycles. The molecule has 0 bridgehead atoms. The number of carbonyl (C=O) groups excluding carboxylic acids is 2. The monoisotopic (exact) mass is 398 g/mol. The fraction of sp³-hybridized carbons (Fsp3) is 0.857. The van der Waals surface area contributed by atoms with E-state index in [1.54, 1.807) is 20.8 Å². The molecule has 0 radical (unpaired) electrons. The normalized spacial score (nSPS) is 16.3. The molecule has 0 saturated heterocycles. The lowest BCUT2D eigenvalue weighted by Crippen LogP contribution is -2.51. The van der Waals surface area contributed by atoms with Gasteiger partial charge in [0.25, 0.3) is 0 Å². The Balaban J connectivity index is 2.78. The van der Waals surface area contributed by atoms with E-state index in [0.29, 0.717) is 18.9 Å². The zero-order valence-corrected chi connectivity index (χ0v) is 18.0. The molecule has 0 spiro atoms. The summed E-state index contributed by atoms with van der Waals surface area (Å²) in [5.74, 6) is -0.827. The second-order valence-electron chi connectivity index (χ2n) is 8.79. The molecule has 2 N–H and O–H groups in total. The summed E-state index contributed by atoms with van der Waals surface area (Å²) in [7, 11) is 0. The van der Waals surface area contributed by atoms with Crippen LogP contribution in [0.1, 0.15) is 85.5 Å². The summed E-state index contributed by atoms with van der Waals surface area (Å²) in [6.45, 7) is 7.36. The number of carboxylic acids is 1. The van der Waals surface area contributed by atoms with Crippen molar-refractivity contribution < 1.29 is 24.2 Å². The van der Waals surface area contributed by atoms with Crippen molar-refractivity contribution in [1.82, 2.24) is 10.2 Å². The molecule has 0 heterocycles. The number of amides is 2. The standard InChI is InChI=1S/C21H38N2O5/c1-5-6-12-17(22-20(27)28-21(2,3)4)19(26)23(15-18(24)25)14-13-16-10-8-7-9-11-16/h16-17H,5-15H2,1-4H3,(H,22,27)(H,24,25)/t17-/m0/s1. The Morgan fingerprint density at radius 1 is 1.18 bits per heavy atom. The molecular formula is C21H38N2O5. The van der Waals surface area contributed by atoms with Crippen molar-refractivity contribution in [3.63, 3.8) is 0 Å². The summed E-state index contributed by atoms with van der Waals surface area (Å²) in [5.41, 5.74) is -0.663. The third-order valence-corrected chi connectivity index (χ3v) is 5.01. The highest BCUT2D eigenvalue weighted by Gasteiger charge is 2.29. The summed E-state index contributed by atoms with van der Waals surface area (Å²) in [4.78, 5) is 37.9. The first-order chi connectivity index (χ1) is 13.1. The summed E-state index contributed by atoms with van der Waals surface area (Å²) in [6.07, 6.45) is 8.22. The first-order valence-electron chi connectivity index (χ1n) is 10.6. The van der Waals surface area contributed by atoms with E-state index in [1.807, 2.05) is 6.92 Å². The van der Waals surface area contributed by atoms with Gasteiger partial charge in [-0.3, -0.25) is 9.59 Å². The molecule has 1 fully saturated rings. The number of alkyl carbamates (subject to hydrolysis) is 1. The Morgan fingerprint density at radius 3 is 2.36 bits per heavy atom. The van der Waals surface area contributed by atoms with Gasteiger partial charge in [0.15, 0.2) is 0 Å². The third-order valence-electron chi connectivity index (χ3n) is 5.01. The van der Waals surface area contributed by atoms with Crippen LogP contribution in [0.2, 0.25) is 0 Å². The van der Waals surface area contributed by atoms with E-state index in [0.717, 1.165) is 32.1 Å². The van der Waals surface area contributed by atoms with Crippen molar-refractivity contribution >= 4 is 18.0 Å². The maximum atomic E-state index is 13.1. The number of nitrogens with one attached hydrogen (secondary N) is 1. The Bertz CT molecular complexity index is 509. The van der Waals surface area contributed by atoms with Gasteiger partial charge in [0, 0.05) is 6.54 Å². The Morgan fingerprint density at radius 2 is 1.82 bits per heavy atom. The summed E-state index contributed by atoms with van der Waals surface area (Å²) >= 11 is 0. The van der Waals surface area contributed by atoms with Crippen LogP contribution in [0, 0.1) is 5.92 Å². The number of rotatable bonds is 10. The highest BCUT2D eigenvalue weighted by Crippen LogP contribution is 2.26. The maximum Gasteiger partial charge on any atom is 0.408 e. The molecule has 1 atom stereocenters. The van der Waals surface area contributed by atoms with Crippen molar-refractivity contribution in [3.8, 4) is 0 Å². The van der Waals surface area contributed by atoms with Gasteiger partial charge < -0.3 is 20.1 Å². The van der Waals surface area contributed by atoms with E-state index >= 15 is 0 Å². The summed E-state index contributed by atoms with van der Waals surface area (Å²) in [5, 5.41) is 11.9. The van der Waals surface area contributed by atoms with Crippen LogP contribution >= 0.6 is 0 Å². The van der Waals surface area contributed by atoms with Crippen LogP contribution in [0.3, 0.4) is 0 Å². The minimum Gasteiger partial charge on any atom is -0.480 e. The van der Waals surface area contributed by atoms with Crippen LogP contribution in [0.15, 0.2) is 0 Å². The van der Waals surface area contributed by atoms with Gasteiger partial charge in [0.05, 0.1) is 0 Å². The highest BCUT2D eigenvalue weighted by molar-refractivity contribution is 5.88. The van der Waals surface area contributed by atoms with Gasteiger partial charge in [0.1, 0.15) is 18.2 Å². The van der Waals surface area contributed by atoms with Crippen molar-refractivity contribution in [3.05, 3.63) is 0 Å². The van der Waals surface area contributed by atoms with Gasteiger partial charge in [-0.1, -0.05) is 51.9 Å². The Labute approximate surface area is 169 Å². The number of hydrogen-bond acceptors (Lipinski definition) is 4. The quantitative estimate of drug-likeness (QED) is 0.581. The van der Waals surface area contributed by atoms with Gasteiger partial charge in [-0.05, 0) is 39.5 Å². The predicted octanol–water partition coefficient (Wildman–Crippen LogP) is 3.95. The first kappa shape index (κ1) is 24.2. The second kappa shape index (κ2) is 11.9. The van der Waals surface area contributed by atoms with Crippen LogP contribution in [0.4, 0.5) is 4.79 Å². The largest absolute Gasteiger partial charge is 0.480 e. The molecule has 28 heavy (non-hydrogen) atoms. The Hall–Kier alpha value is -1.79. The topological polar surface area (TPSA) is 95.9 Å². The summed E-state index contributed by atoms with van der Waals surface area (Å²) in [6, 6.07) is -0.763. The number of carboxylic acid groups (broad SMARTS) is 1.